The summed E-state index contributed by atoms with van der Waals surface area (Å²) < 4.78 is 0. The molecular formula is C22H33N5O6S2. The van der Waals surface area contributed by atoms with Gasteiger partial charge in [0.1, 0.15) is 5.70 Å². The third-order valence-electron chi connectivity index (χ3n) is 7.01. The summed E-state index contributed by atoms with van der Waals surface area (Å²) in [5, 5.41) is 28.6. The lowest BCUT2D eigenvalue weighted by molar-refractivity contribution is -0.163. The largest absolute Gasteiger partial charge is 0.477 e. The van der Waals surface area contributed by atoms with Crippen molar-refractivity contribution in [2.24, 2.45) is 11.8 Å². The summed E-state index contributed by atoms with van der Waals surface area (Å²) in [6.45, 7) is 6.13. The van der Waals surface area contributed by atoms with Crippen molar-refractivity contribution in [2.45, 2.75) is 43.7 Å². The molecule has 4 aliphatic heterocycles. The lowest BCUT2D eigenvalue weighted by atomic mass is 9.79. The number of aliphatic hydroxyl groups excluding tert-OH is 1. The van der Waals surface area contributed by atoms with Crippen molar-refractivity contribution < 1.29 is 29.4 Å². The van der Waals surface area contributed by atoms with Crippen LogP contribution in [0.1, 0.15) is 20.3 Å². The topological polar surface area (TPSA) is 151 Å². The van der Waals surface area contributed by atoms with Gasteiger partial charge >= 0.3 is 12.0 Å². The zero-order valence-electron chi connectivity index (χ0n) is 19.9. The summed E-state index contributed by atoms with van der Waals surface area (Å²) in [5.74, 6) is -0.558. The Morgan fingerprint density at radius 3 is 2.57 bits per heavy atom. The van der Waals surface area contributed by atoms with E-state index in [9.17, 15) is 29.4 Å². The summed E-state index contributed by atoms with van der Waals surface area (Å²) >= 11 is 3.24. The molecule has 0 aromatic carbocycles. The predicted octanol–water partition coefficient (Wildman–Crippen LogP) is -0.522. The first-order chi connectivity index (χ1) is 16.7. The number of rotatable bonds is 8. The molecule has 6 atom stereocenters. The van der Waals surface area contributed by atoms with Gasteiger partial charge in [-0.3, -0.25) is 9.59 Å². The van der Waals surface area contributed by atoms with Gasteiger partial charge in [0.2, 0.25) is 11.8 Å². The first-order valence-electron chi connectivity index (χ1n) is 12.0. The van der Waals surface area contributed by atoms with Gasteiger partial charge in [-0.2, -0.15) is 11.8 Å². The number of carboxylic acid groups (broad SMARTS) is 1. The zero-order chi connectivity index (χ0) is 25.3. The highest BCUT2D eigenvalue weighted by Gasteiger charge is 2.60. The van der Waals surface area contributed by atoms with Gasteiger partial charge < -0.3 is 36.0 Å². The van der Waals surface area contributed by atoms with Crippen LogP contribution < -0.4 is 16.0 Å². The first kappa shape index (κ1) is 26.1. The van der Waals surface area contributed by atoms with E-state index in [0.717, 1.165) is 24.6 Å². The maximum atomic E-state index is 12.6. The van der Waals surface area contributed by atoms with Crippen LogP contribution in [-0.2, 0) is 14.4 Å². The summed E-state index contributed by atoms with van der Waals surface area (Å²) in [4.78, 5) is 52.9. The van der Waals surface area contributed by atoms with Crippen LogP contribution in [0.25, 0.3) is 0 Å². The van der Waals surface area contributed by atoms with Crippen molar-refractivity contribution >= 4 is 47.3 Å². The second kappa shape index (κ2) is 11.0. The van der Waals surface area contributed by atoms with Crippen molar-refractivity contribution in [1.82, 2.24) is 25.8 Å². The maximum absolute atomic E-state index is 12.6. The van der Waals surface area contributed by atoms with Crippen LogP contribution >= 0.6 is 23.5 Å². The van der Waals surface area contributed by atoms with Crippen LogP contribution in [0.15, 0.2) is 10.6 Å². The SMILES string of the molecule is C[C@@H](O)C1C(=O)N2C(C(=O)O)=C(S[C@@H]3CN[C@H](C(=O)NCCNC(=O)N4CCSCC4)C3)[C@H](C)C12. The lowest BCUT2D eigenvalue weighted by Crippen LogP contribution is -2.63. The van der Waals surface area contributed by atoms with Gasteiger partial charge in [0.25, 0.3) is 0 Å². The van der Waals surface area contributed by atoms with Crippen molar-refractivity contribution in [3.8, 4) is 0 Å². The molecule has 0 aliphatic carbocycles. The van der Waals surface area contributed by atoms with E-state index in [4.69, 9.17) is 0 Å². The Morgan fingerprint density at radius 1 is 1.23 bits per heavy atom. The smallest absolute Gasteiger partial charge is 0.353 e. The molecule has 13 heteroatoms. The number of nitrogens with zero attached hydrogens (tertiary/aromatic N) is 2. The number of aliphatic carboxylic acids is 1. The molecular weight excluding hydrogens is 494 g/mol. The molecule has 194 valence electrons. The van der Waals surface area contributed by atoms with E-state index < -0.39 is 24.0 Å². The minimum absolute atomic E-state index is 0.00495. The van der Waals surface area contributed by atoms with Crippen LogP contribution in [0.4, 0.5) is 4.79 Å². The van der Waals surface area contributed by atoms with Gasteiger partial charge in [-0.05, 0) is 13.3 Å². The number of aliphatic hydroxyl groups is 1. The number of hydrogen-bond acceptors (Lipinski definition) is 8. The van der Waals surface area contributed by atoms with E-state index in [2.05, 4.69) is 16.0 Å². The van der Waals surface area contributed by atoms with Crippen molar-refractivity contribution in [3.63, 3.8) is 0 Å². The second-order valence-corrected chi connectivity index (χ2v) is 11.9. The van der Waals surface area contributed by atoms with E-state index in [0.29, 0.717) is 31.0 Å². The Labute approximate surface area is 212 Å². The average Bonchev–Trinajstić information content (AvgIpc) is 3.39. The van der Waals surface area contributed by atoms with Gasteiger partial charge in [-0.25, -0.2) is 9.59 Å². The van der Waals surface area contributed by atoms with Gasteiger partial charge in [-0.1, -0.05) is 6.92 Å². The van der Waals surface area contributed by atoms with Crippen molar-refractivity contribution in [1.29, 1.82) is 0 Å². The Morgan fingerprint density at radius 2 is 1.91 bits per heavy atom. The van der Waals surface area contributed by atoms with Gasteiger partial charge in [0.15, 0.2) is 0 Å². The zero-order valence-corrected chi connectivity index (χ0v) is 21.5. The number of nitrogens with one attached hydrogen (secondary N) is 3. The molecule has 3 fully saturated rings. The Hall–Kier alpha value is -1.96. The molecule has 0 aromatic rings. The maximum Gasteiger partial charge on any atom is 0.353 e. The van der Waals surface area contributed by atoms with Gasteiger partial charge in [-0.15, -0.1) is 11.8 Å². The molecule has 4 rings (SSSR count). The molecule has 0 bridgehead atoms. The molecule has 0 spiro atoms. The predicted molar refractivity (Wildman–Crippen MR) is 133 cm³/mol. The number of carboxylic acids is 1. The molecule has 3 saturated heterocycles. The fraction of sp³-hybridized carbons (Fsp3) is 0.727. The third-order valence-corrected chi connectivity index (χ3v) is 9.46. The standard InChI is InChI=1S/C22H33N5O6S2/c1-11-16-15(12(2)28)20(30)27(16)17(21(31)32)18(11)35-13-9-14(25-10-13)19(29)23-3-4-24-22(33)26-5-7-34-8-6-26/h11-16,25,28H,3-10H2,1-2H3,(H,23,29)(H,24,33)(H,31,32)/t11-,12-,13+,14+,15?,16?/m1/s1. The number of urea groups is 1. The molecule has 2 unspecified atom stereocenters. The molecule has 0 saturated carbocycles. The van der Waals surface area contributed by atoms with Crippen molar-refractivity contribution in [3.05, 3.63) is 10.6 Å². The normalized spacial score (nSPS) is 31.2. The molecule has 5 N–H and O–H groups in total. The van der Waals surface area contributed by atoms with Gasteiger partial charge in [0.05, 0.1) is 24.1 Å². The monoisotopic (exact) mass is 527 g/mol. The summed E-state index contributed by atoms with van der Waals surface area (Å²) in [7, 11) is 0. The Bertz CT molecular complexity index is 909. The third kappa shape index (κ3) is 5.27. The quantitative estimate of drug-likeness (QED) is 0.207. The lowest BCUT2D eigenvalue weighted by Gasteiger charge is -2.46. The van der Waals surface area contributed by atoms with Crippen LogP contribution in [-0.4, -0.2) is 111 Å². The molecule has 0 aromatic heterocycles. The number of β-lactam (4-membered cyclic amide) rings is 1. The molecule has 4 amide bonds. The van der Waals surface area contributed by atoms with E-state index in [1.807, 2.05) is 18.7 Å². The number of amides is 4. The Balaban J connectivity index is 1.25. The van der Waals surface area contributed by atoms with Crippen LogP contribution in [0.3, 0.4) is 0 Å². The molecule has 35 heavy (non-hydrogen) atoms. The summed E-state index contributed by atoms with van der Waals surface area (Å²) in [6, 6.07) is -0.857. The average molecular weight is 528 g/mol. The molecule has 4 aliphatic rings. The summed E-state index contributed by atoms with van der Waals surface area (Å²) in [6.07, 6.45) is -0.314. The van der Waals surface area contributed by atoms with E-state index in [1.54, 1.807) is 11.8 Å². The van der Waals surface area contributed by atoms with Crippen LogP contribution in [0, 0.1) is 11.8 Å². The van der Waals surface area contributed by atoms with Gasteiger partial charge in [0, 0.05) is 60.3 Å². The number of hydrogen-bond donors (Lipinski definition) is 5. The minimum Gasteiger partial charge on any atom is -0.477 e. The molecule has 11 nitrogen and oxygen atoms in total. The number of fused-ring (bicyclic) bond motifs is 1. The van der Waals surface area contributed by atoms with E-state index >= 15 is 0 Å². The van der Waals surface area contributed by atoms with E-state index in [-0.39, 0.29) is 40.8 Å². The molecule has 0 radical (unpaired) electrons. The number of thioether (sulfide) groups is 2. The minimum atomic E-state index is -1.15. The van der Waals surface area contributed by atoms with Crippen LogP contribution in [0.5, 0.6) is 0 Å². The van der Waals surface area contributed by atoms with Crippen molar-refractivity contribution in [2.75, 3.05) is 44.2 Å². The highest BCUT2D eigenvalue weighted by atomic mass is 32.2. The highest BCUT2D eigenvalue weighted by Crippen LogP contribution is 2.51. The Kier molecular flexibility index (Phi) is 8.19. The highest BCUT2D eigenvalue weighted by molar-refractivity contribution is 8.03. The fourth-order valence-corrected chi connectivity index (χ4v) is 7.59. The molecule has 4 heterocycles. The number of carbonyl (C=O) groups excluding carboxylic acids is 3. The number of carbonyl (C=O) groups is 4. The first-order valence-corrected chi connectivity index (χ1v) is 14.0. The van der Waals surface area contributed by atoms with E-state index in [1.165, 1.54) is 16.7 Å². The fourth-order valence-electron chi connectivity index (χ4n) is 5.21. The second-order valence-electron chi connectivity index (χ2n) is 9.33. The van der Waals surface area contributed by atoms with Crippen LogP contribution in [0.2, 0.25) is 0 Å². The summed E-state index contributed by atoms with van der Waals surface area (Å²) in [5.41, 5.74) is 0.00495.